The van der Waals surface area contributed by atoms with Gasteiger partial charge >= 0.3 is 0 Å². The summed E-state index contributed by atoms with van der Waals surface area (Å²) in [6, 6.07) is 16.0. The van der Waals surface area contributed by atoms with Crippen molar-refractivity contribution in [3.63, 3.8) is 0 Å². The van der Waals surface area contributed by atoms with Gasteiger partial charge in [-0.25, -0.2) is 9.07 Å². The summed E-state index contributed by atoms with van der Waals surface area (Å²) in [6.07, 6.45) is 0.341. The quantitative estimate of drug-likeness (QED) is 0.444. The molecule has 0 aliphatic heterocycles. The van der Waals surface area contributed by atoms with Gasteiger partial charge in [0, 0.05) is 38.4 Å². The molecular formula is C25H32FN3O3. The molecule has 0 aliphatic carbocycles. The second-order valence-corrected chi connectivity index (χ2v) is 7.73. The zero-order chi connectivity index (χ0) is 22.9. The highest BCUT2D eigenvalue weighted by Gasteiger charge is 2.23. The van der Waals surface area contributed by atoms with Gasteiger partial charge < -0.3 is 14.6 Å². The van der Waals surface area contributed by atoms with Crippen LogP contribution in [-0.2, 0) is 18.3 Å². The molecule has 0 radical (unpaired) electrons. The lowest BCUT2D eigenvalue weighted by Gasteiger charge is -2.25. The van der Waals surface area contributed by atoms with E-state index in [4.69, 9.17) is 14.6 Å². The van der Waals surface area contributed by atoms with Gasteiger partial charge in [0.2, 0.25) is 5.88 Å². The van der Waals surface area contributed by atoms with Crippen molar-refractivity contribution in [2.75, 3.05) is 26.3 Å². The number of nitrogens with zero attached hydrogens (tertiary/aromatic N) is 3. The fraction of sp³-hybridized carbons (Fsp3) is 0.400. The Kier molecular flexibility index (Phi) is 8.79. The highest BCUT2D eigenvalue weighted by atomic mass is 19.1. The molecule has 1 heterocycles. The van der Waals surface area contributed by atoms with Crippen molar-refractivity contribution in [2.24, 2.45) is 7.05 Å². The van der Waals surface area contributed by atoms with Crippen LogP contribution in [0.15, 0.2) is 54.6 Å². The smallest absolute Gasteiger partial charge is 0.222 e. The molecule has 3 rings (SSSR count). The number of aliphatic hydroxyl groups excluding tert-OH is 1. The fourth-order valence-electron chi connectivity index (χ4n) is 3.67. The molecule has 0 saturated carbocycles. The van der Waals surface area contributed by atoms with Gasteiger partial charge in [-0.3, -0.25) is 4.90 Å². The topological polar surface area (TPSA) is 59.8 Å². The minimum Gasteiger partial charge on any atom is -0.439 e. The average molecular weight is 442 g/mol. The number of aryl methyl sites for hydroxylation is 1. The van der Waals surface area contributed by atoms with Crippen LogP contribution in [-0.4, -0.2) is 52.2 Å². The van der Waals surface area contributed by atoms with Gasteiger partial charge in [-0.05, 0) is 32.0 Å². The molecule has 172 valence electrons. The van der Waals surface area contributed by atoms with Crippen LogP contribution in [0.1, 0.15) is 25.8 Å². The van der Waals surface area contributed by atoms with Gasteiger partial charge in [0.1, 0.15) is 17.3 Å². The Morgan fingerprint density at radius 2 is 1.91 bits per heavy atom. The molecule has 1 N–H and O–H groups in total. The molecule has 32 heavy (non-hydrogen) atoms. The van der Waals surface area contributed by atoms with Gasteiger partial charge in [-0.2, -0.15) is 5.10 Å². The van der Waals surface area contributed by atoms with Crippen LogP contribution in [0.5, 0.6) is 11.6 Å². The van der Waals surface area contributed by atoms with E-state index in [1.807, 2.05) is 44.3 Å². The first kappa shape index (κ1) is 23.9. The summed E-state index contributed by atoms with van der Waals surface area (Å²) in [7, 11) is 1.82. The maximum Gasteiger partial charge on any atom is 0.222 e. The SMILES string of the molecule is CCCN(Cc1c(-c2ccccc2)nn(C)c1Oc1cccc(F)c1)C[C@@H](O)COCC. The third kappa shape index (κ3) is 6.38. The van der Waals surface area contributed by atoms with Crippen molar-refractivity contribution in [3.8, 4) is 22.9 Å². The molecule has 0 bridgehead atoms. The van der Waals surface area contributed by atoms with Crippen LogP contribution in [0.3, 0.4) is 0 Å². The summed E-state index contributed by atoms with van der Waals surface area (Å²) < 4.78 is 26.9. The fourth-order valence-corrected chi connectivity index (χ4v) is 3.67. The van der Waals surface area contributed by atoms with Crippen molar-refractivity contribution in [2.45, 2.75) is 32.9 Å². The molecular weight excluding hydrogens is 409 g/mol. The number of benzene rings is 2. The van der Waals surface area contributed by atoms with E-state index in [1.165, 1.54) is 12.1 Å². The zero-order valence-electron chi connectivity index (χ0n) is 19.0. The number of hydrogen-bond acceptors (Lipinski definition) is 5. The minimum atomic E-state index is -0.592. The van der Waals surface area contributed by atoms with Crippen LogP contribution in [0.4, 0.5) is 4.39 Å². The molecule has 0 fully saturated rings. The molecule has 0 aliphatic rings. The largest absolute Gasteiger partial charge is 0.439 e. The van der Waals surface area contributed by atoms with Gasteiger partial charge in [-0.15, -0.1) is 0 Å². The highest BCUT2D eigenvalue weighted by molar-refractivity contribution is 5.65. The molecule has 0 unspecified atom stereocenters. The van der Waals surface area contributed by atoms with Crippen LogP contribution >= 0.6 is 0 Å². The third-order valence-electron chi connectivity index (χ3n) is 5.05. The average Bonchev–Trinajstić information content (AvgIpc) is 3.08. The van der Waals surface area contributed by atoms with E-state index in [0.29, 0.717) is 37.9 Å². The summed E-state index contributed by atoms with van der Waals surface area (Å²) in [6.45, 7) is 6.67. The number of aromatic nitrogens is 2. The Morgan fingerprint density at radius 1 is 1.12 bits per heavy atom. The lowest BCUT2D eigenvalue weighted by Crippen LogP contribution is -2.35. The Hall–Kier alpha value is -2.74. The van der Waals surface area contributed by atoms with Crippen molar-refractivity contribution in [1.29, 1.82) is 0 Å². The monoisotopic (exact) mass is 441 g/mol. The standard InChI is InChI=1S/C25H32FN3O3/c1-4-14-29(16-21(30)18-31-5-2)17-23-24(19-10-7-6-8-11-19)27-28(3)25(23)32-22-13-9-12-20(26)15-22/h6-13,15,21,30H,4-5,14,16-18H2,1-3H3/t21-/m1/s1. The van der Waals surface area contributed by atoms with Crippen LogP contribution in [0.25, 0.3) is 11.3 Å². The number of halogens is 1. The molecule has 1 atom stereocenters. The molecule has 7 heteroatoms. The van der Waals surface area contributed by atoms with Crippen molar-refractivity contribution in [1.82, 2.24) is 14.7 Å². The van der Waals surface area contributed by atoms with E-state index < -0.39 is 6.10 Å². The summed E-state index contributed by atoms with van der Waals surface area (Å²) >= 11 is 0. The van der Waals surface area contributed by atoms with Crippen LogP contribution < -0.4 is 4.74 Å². The Balaban J connectivity index is 1.96. The lowest BCUT2D eigenvalue weighted by atomic mass is 10.1. The first-order valence-corrected chi connectivity index (χ1v) is 11.0. The lowest BCUT2D eigenvalue weighted by molar-refractivity contribution is 0.0195. The predicted octanol–water partition coefficient (Wildman–Crippen LogP) is 4.63. The molecule has 0 spiro atoms. The Bertz CT molecular complexity index is 978. The molecule has 1 aromatic heterocycles. The Morgan fingerprint density at radius 3 is 2.59 bits per heavy atom. The van der Waals surface area contributed by atoms with E-state index in [0.717, 1.165) is 29.8 Å². The summed E-state index contributed by atoms with van der Waals surface area (Å²) in [5, 5.41) is 15.1. The molecule has 6 nitrogen and oxygen atoms in total. The van der Waals surface area contributed by atoms with E-state index >= 15 is 0 Å². The van der Waals surface area contributed by atoms with E-state index in [1.54, 1.807) is 16.8 Å². The van der Waals surface area contributed by atoms with Crippen molar-refractivity contribution in [3.05, 3.63) is 66.0 Å². The zero-order valence-corrected chi connectivity index (χ0v) is 19.0. The van der Waals surface area contributed by atoms with E-state index in [-0.39, 0.29) is 5.82 Å². The molecule has 3 aromatic rings. The maximum atomic E-state index is 13.7. The molecule has 2 aromatic carbocycles. The number of aliphatic hydroxyl groups is 1. The first-order chi connectivity index (χ1) is 15.5. The van der Waals surface area contributed by atoms with Crippen molar-refractivity contribution < 1.29 is 19.0 Å². The maximum absolute atomic E-state index is 13.7. The number of ether oxygens (including phenoxy) is 2. The van der Waals surface area contributed by atoms with Crippen LogP contribution in [0.2, 0.25) is 0 Å². The minimum absolute atomic E-state index is 0.294. The summed E-state index contributed by atoms with van der Waals surface area (Å²) in [4.78, 5) is 2.17. The summed E-state index contributed by atoms with van der Waals surface area (Å²) in [5.74, 6) is 0.600. The van der Waals surface area contributed by atoms with Gasteiger partial charge in [0.15, 0.2) is 0 Å². The van der Waals surface area contributed by atoms with E-state index in [2.05, 4.69) is 11.8 Å². The predicted molar refractivity (Wildman–Crippen MR) is 123 cm³/mol. The Labute approximate surface area is 189 Å². The van der Waals surface area contributed by atoms with Gasteiger partial charge in [0.05, 0.1) is 18.3 Å². The molecule has 0 saturated heterocycles. The highest BCUT2D eigenvalue weighted by Crippen LogP contribution is 2.34. The van der Waals surface area contributed by atoms with Crippen molar-refractivity contribution >= 4 is 0 Å². The van der Waals surface area contributed by atoms with E-state index in [9.17, 15) is 9.50 Å². The normalized spacial score (nSPS) is 12.3. The third-order valence-corrected chi connectivity index (χ3v) is 5.05. The first-order valence-electron chi connectivity index (χ1n) is 11.0. The van der Waals surface area contributed by atoms with Gasteiger partial charge in [-0.1, -0.05) is 43.3 Å². The number of hydrogen-bond donors (Lipinski definition) is 1. The number of rotatable bonds is 12. The van der Waals surface area contributed by atoms with Gasteiger partial charge in [0.25, 0.3) is 0 Å². The van der Waals surface area contributed by atoms with Crippen LogP contribution in [0, 0.1) is 5.82 Å². The second-order valence-electron chi connectivity index (χ2n) is 7.73. The summed E-state index contributed by atoms with van der Waals surface area (Å²) in [5.41, 5.74) is 2.67. The molecule has 0 amide bonds. The second kappa shape index (κ2) is 11.8.